The van der Waals surface area contributed by atoms with E-state index in [9.17, 15) is 13.6 Å². The minimum atomic E-state index is -0.591. The maximum absolute atomic E-state index is 14.2. The normalized spacial score (nSPS) is 11.0. The molecule has 0 radical (unpaired) electrons. The first-order chi connectivity index (χ1) is 13.9. The van der Waals surface area contributed by atoms with Crippen LogP contribution in [0.4, 0.5) is 8.78 Å². The van der Waals surface area contributed by atoms with Crippen molar-refractivity contribution >= 4 is 17.2 Å². The highest BCUT2D eigenvalue weighted by molar-refractivity contribution is 7.13. The van der Waals surface area contributed by atoms with Gasteiger partial charge in [-0.1, -0.05) is 0 Å². The molecule has 1 amide bonds. The molecule has 0 atom stereocenters. The first kappa shape index (κ1) is 18.9. The molecule has 1 aromatic carbocycles. The van der Waals surface area contributed by atoms with Crippen LogP contribution in [0, 0.1) is 18.6 Å². The maximum Gasteiger partial charge on any atom is 0.250 e. The Kier molecular flexibility index (Phi) is 4.94. The van der Waals surface area contributed by atoms with Gasteiger partial charge in [0.2, 0.25) is 0 Å². The smallest absolute Gasteiger partial charge is 0.250 e. The van der Waals surface area contributed by atoms with Crippen molar-refractivity contribution in [2.24, 2.45) is 5.73 Å². The average Bonchev–Trinajstić information content (AvgIpc) is 3.31. The van der Waals surface area contributed by atoms with Gasteiger partial charge in [-0.3, -0.25) is 9.78 Å². The van der Waals surface area contributed by atoms with Crippen LogP contribution in [0.2, 0.25) is 0 Å². The number of rotatable bonds is 5. The quantitative estimate of drug-likeness (QED) is 0.530. The molecule has 3 heterocycles. The van der Waals surface area contributed by atoms with Crippen LogP contribution in [-0.2, 0) is 6.54 Å². The number of aromatic nitrogens is 3. The lowest BCUT2D eigenvalue weighted by atomic mass is 10.2. The number of nitrogens with two attached hydrogens (primary N) is 1. The molecule has 0 aliphatic carbocycles. The third-order valence-electron chi connectivity index (χ3n) is 4.66. The van der Waals surface area contributed by atoms with E-state index in [0.717, 1.165) is 28.8 Å². The van der Waals surface area contributed by atoms with Gasteiger partial charge in [0.15, 0.2) is 0 Å². The SMILES string of the molecule is Cc1c(C(N)=O)cc(-c2csc(-c3ccncc3)n2)n1Cc1cc(F)ccc1F. The summed E-state index contributed by atoms with van der Waals surface area (Å²) in [6, 6.07) is 8.64. The van der Waals surface area contributed by atoms with E-state index in [0.29, 0.717) is 22.6 Å². The van der Waals surface area contributed by atoms with Gasteiger partial charge in [-0.05, 0) is 43.3 Å². The summed E-state index contributed by atoms with van der Waals surface area (Å²) >= 11 is 1.44. The fourth-order valence-electron chi connectivity index (χ4n) is 3.16. The molecule has 0 unspecified atom stereocenters. The van der Waals surface area contributed by atoms with Crippen molar-refractivity contribution in [2.45, 2.75) is 13.5 Å². The van der Waals surface area contributed by atoms with Crippen molar-refractivity contribution in [3.63, 3.8) is 0 Å². The first-order valence-corrected chi connectivity index (χ1v) is 9.62. The molecule has 0 fully saturated rings. The van der Waals surface area contributed by atoms with E-state index in [1.165, 1.54) is 11.3 Å². The number of carbonyl (C=O) groups excluding carboxylic acids is 1. The molecular formula is C21H16F2N4OS. The largest absolute Gasteiger partial charge is 0.366 e. The van der Waals surface area contributed by atoms with Gasteiger partial charge >= 0.3 is 0 Å². The summed E-state index contributed by atoms with van der Waals surface area (Å²) < 4.78 is 29.6. The molecule has 4 rings (SSSR count). The number of benzene rings is 1. The lowest BCUT2D eigenvalue weighted by molar-refractivity contribution is 0.0999. The number of carbonyl (C=O) groups is 1. The Hall–Kier alpha value is -3.39. The highest BCUT2D eigenvalue weighted by Crippen LogP contribution is 2.32. The lowest BCUT2D eigenvalue weighted by Gasteiger charge is -2.12. The molecule has 0 aliphatic rings. The van der Waals surface area contributed by atoms with Crippen LogP contribution in [0.15, 0.2) is 54.2 Å². The Morgan fingerprint density at radius 1 is 1.17 bits per heavy atom. The Balaban J connectivity index is 1.81. The first-order valence-electron chi connectivity index (χ1n) is 8.74. The monoisotopic (exact) mass is 410 g/mol. The number of pyridine rings is 1. The van der Waals surface area contributed by atoms with Crippen molar-refractivity contribution in [3.05, 3.63) is 82.6 Å². The fraction of sp³-hybridized carbons (Fsp3) is 0.0952. The number of halogens is 2. The van der Waals surface area contributed by atoms with Crippen LogP contribution in [0.3, 0.4) is 0 Å². The van der Waals surface area contributed by atoms with Gasteiger partial charge in [0, 0.05) is 34.6 Å². The van der Waals surface area contributed by atoms with Crippen LogP contribution in [0.25, 0.3) is 22.0 Å². The number of primary amides is 1. The zero-order valence-electron chi connectivity index (χ0n) is 15.4. The topological polar surface area (TPSA) is 73.8 Å². The zero-order chi connectivity index (χ0) is 20.5. The molecule has 0 spiro atoms. The van der Waals surface area contributed by atoms with Crippen LogP contribution < -0.4 is 5.73 Å². The minimum absolute atomic E-state index is 0.0418. The number of hydrogen-bond donors (Lipinski definition) is 1. The number of nitrogens with zero attached hydrogens (tertiary/aromatic N) is 3. The van der Waals surface area contributed by atoms with Gasteiger partial charge < -0.3 is 10.3 Å². The Morgan fingerprint density at radius 3 is 2.66 bits per heavy atom. The molecule has 0 bridgehead atoms. The molecule has 0 saturated heterocycles. The molecule has 3 aromatic heterocycles. The summed E-state index contributed by atoms with van der Waals surface area (Å²) in [5.74, 6) is -1.65. The number of thiazole rings is 1. The molecule has 0 aliphatic heterocycles. The Morgan fingerprint density at radius 2 is 1.93 bits per heavy atom. The van der Waals surface area contributed by atoms with E-state index in [4.69, 9.17) is 5.73 Å². The van der Waals surface area contributed by atoms with E-state index in [-0.39, 0.29) is 12.1 Å². The molecule has 29 heavy (non-hydrogen) atoms. The van der Waals surface area contributed by atoms with Gasteiger partial charge in [-0.15, -0.1) is 11.3 Å². The van der Waals surface area contributed by atoms with E-state index in [1.54, 1.807) is 30.0 Å². The summed E-state index contributed by atoms with van der Waals surface area (Å²) in [6.07, 6.45) is 3.36. The number of hydrogen-bond acceptors (Lipinski definition) is 4. The summed E-state index contributed by atoms with van der Waals surface area (Å²) in [5.41, 5.74) is 8.70. The zero-order valence-corrected chi connectivity index (χ0v) is 16.2. The average molecular weight is 410 g/mol. The lowest BCUT2D eigenvalue weighted by Crippen LogP contribution is -2.13. The summed E-state index contributed by atoms with van der Waals surface area (Å²) in [4.78, 5) is 20.5. The Labute approximate surface area is 169 Å². The molecule has 4 aromatic rings. The van der Waals surface area contributed by atoms with E-state index >= 15 is 0 Å². The minimum Gasteiger partial charge on any atom is -0.366 e. The Bertz CT molecular complexity index is 1200. The van der Waals surface area contributed by atoms with Crippen molar-refractivity contribution in [2.75, 3.05) is 0 Å². The van der Waals surface area contributed by atoms with Crippen molar-refractivity contribution in [3.8, 4) is 22.0 Å². The second kappa shape index (κ2) is 7.56. The van der Waals surface area contributed by atoms with Crippen LogP contribution in [0.5, 0.6) is 0 Å². The van der Waals surface area contributed by atoms with Crippen molar-refractivity contribution in [1.29, 1.82) is 0 Å². The third kappa shape index (κ3) is 3.66. The van der Waals surface area contributed by atoms with Gasteiger partial charge in [0.1, 0.15) is 16.6 Å². The molecule has 5 nitrogen and oxygen atoms in total. The maximum atomic E-state index is 14.2. The molecule has 146 valence electrons. The van der Waals surface area contributed by atoms with E-state index < -0.39 is 17.5 Å². The highest BCUT2D eigenvalue weighted by atomic mass is 32.1. The van der Waals surface area contributed by atoms with Gasteiger partial charge in [-0.2, -0.15) is 0 Å². The second-order valence-corrected chi connectivity index (χ2v) is 7.35. The van der Waals surface area contributed by atoms with Gasteiger partial charge in [0.05, 0.1) is 23.5 Å². The fourth-order valence-corrected chi connectivity index (χ4v) is 3.98. The molecular weight excluding hydrogens is 394 g/mol. The predicted octanol–water partition coefficient (Wildman–Crippen LogP) is 4.41. The van der Waals surface area contributed by atoms with E-state index in [2.05, 4.69) is 9.97 Å². The van der Waals surface area contributed by atoms with Crippen LogP contribution in [-0.4, -0.2) is 20.4 Å². The highest BCUT2D eigenvalue weighted by Gasteiger charge is 2.20. The van der Waals surface area contributed by atoms with Crippen molar-refractivity contribution in [1.82, 2.24) is 14.5 Å². The van der Waals surface area contributed by atoms with Crippen LogP contribution in [0.1, 0.15) is 21.6 Å². The summed E-state index contributed by atoms with van der Waals surface area (Å²) in [6.45, 7) is 1.76. The summed E-state index contributed by atoms with van der Waals surface area (Å²) in [7, 11) is 0. The van der Waals surface area contributed by atoms with Crippen molar-refractivity contribution < 1.29 is 13.6 Å². The molecule has 2 N–H and O–H groups in total. The van der Waals surface area contributed by atoms with Gasteiger partial charge in [0.25, 0.3) is 5.91 Å². The standard InChI is InChI=1S/C21H16F2N4OS/c1-12-16(20(24)28)9-19(27(12)10-14-8-15(22)2-3-17(14)23)18-11-29-21(26-18)13-4-6-25-7-5-13/h2-9,11H,10H2,1H3,(H2,24,28). The van der Waals surface area contributed by atoms with E-state index in [1.807, 2.05) is 17.5 Å². The predicted molar refractivity (Wildman–Crippen MR) is 107 cm³/mol. The molecule has 8 heteroatoms. The molecule has 0 saturated carbocycles. The second-order valence-electron chi connectivity index (χ2n) is 6.49. The summed E-state index contributed by atoms with van der Waals surface area (Å²) in [5, 5.41) is 2.64. The third-order valence-corrected chi connectivity index (χ3v) is 5.55. The van der Waals surface area contributed by atoms with Gasteiger partial charge in [-0.25, -0.2) is 13.8 Å². The van der Waals surface area contributed by atoms with Crippen LogP contribution >= 0.6 is 11.3 Å². The number of amides is 1.